The summed E-state index contributed by atoms with van der Waals surface area (Å²) in [7, 11) is 0. The highest BCUT2D eigenvalue weighted by molar-refractivity contribution is 9.10. The monoisotopic (exact) mass is 563 g/mol. The minimum Gasteiger partial charge on any atom is -0.456 e. The predicted molar refractivity (Wildman–Crippen MR) is 167 cm³/mol. The lowest BCUT2D eigenvalue weighted by Gasteiger charge is -2.13. The van der Waals surface area contributed by atoms with Crippen LogP contribution in [0.15, 0.2) is 142 Å². The van der Waals surface area contributed by atoms with Gasteiger partial charge in [-0.15, -0.1) is 0 Å². The molecule has 2 heterocycles. The molecule has 184 valence electrons. The van der Waals surface area contributed by atoms with E-state index in [1.165, 1.54) is 44.1 Å². The molecule has 0 N–H and O–H groups in total. The predicted octanol–water partition coefficient (Wildman–Crippen LogP) is 10.8. The maximum atomic E-state index is 6.27. The molecule has 0 fully saturated rings. The molecule has 0 spiro atoms. The normalized spacial score (nSPS) is 11.7. The number of furan rings is 1. The first-order valence-corrected chi connectivity index (χ1v) is 13.9. The minimum atomic E-state index is 0.898. The van der Waals surface area contributed by atoms with Gasteiger partial charge in [0, 0.05) is 20.6 Å². The average Bonchev–Trinajstić information content (AvgIpc) is 3.53. The fourth-order valence-corrected chi connectivity index (χ4v) is 6.49. The maximum Gasteiger partial charge on any atom is 0.137 e. The van der Waals surface area contributed by atoms with E-state index in [0.717, 1.165) is 32.1 Å². The van der Waals surface area contributed by atoms with E-state index in [2.05, 4.69) is 142 Å². The van der Waals surface area contributed by atoms with Gasteiger partial charge < -0.3 is 8.98 Å². The van der Waals surface area contributed by atoms with Crippen molar-refractivity contribution in [1.82, 2.24) is 4.57 Å². The van der Waals surface area contributed by atoms with E-state index in [4.69, 9.17) is 4.42 Å². The van der Waals surface area contributed by atoms with E-state index in [9.17, 15) is 0 Å². The van der Waals surface area contributed by atoms with Crippen molar-refractivity contribution in [1.29, 1.82) is 0 Å². The van der Waals surface area contributed by atoms with Crippen LogP contribution in [0.25, 0.3) is 71.7 Å². The number of hydrogen-bond donors (Lipinski definition) is 0. The Labute approximate surface area is 233 Å². The average molecular weight is 564 g/mol. The van der Waals surface area contributed by atoms with Gasteiger partial charge in [0.1, 0.15) is 11.2 Å². The van der Waals surface area contributed by atoms with Crippen molar-refractivity contribution in [2.24, 2.45) is 0 Å². The second-order valence-electron chi connectivity index (χ2n) is 9.86. The van der Waals surface area contributed by atoms with Crippen LogP contribution < -0.4 is 0 Å². The first-order valence-electron chi connectivity index (χ1n) is 13.1. The van der Waals surface area contributed by atoms with Gasteiger partial charge >= 0.3 is 0 Å². The summed E-state index contributed by atoms with van der Waals surface area (Å²) in [6, 6.07) is 47.3. The third-order valence-electron chi connectivity index (χ3n) is 7.70. The summed E-state index contributed by atoms with van der Waals surface area (Å²) in [5, 5.41) is 4.74. The minimum absolute atomic E-state index is 0.898. The molecule has 0 saturated carbocycles. The van der Waals surface area contributed by atoms with Crippen LogP contribution >= 0.6 is 15.9 Å². The topological polar surface area (TPSA) is 18.1 Å². The molecule has 0 radical (unpaired) electrons. The van der Waals surface area contributed by atoms with Gasteiger partial charge in [-0.2, -0.15) is 0 Å². The van der Waals surface area contributed by atoms with Crippen LogP contribution in [0.3, 0.4) is 0 Å². The highest BCUT2D eigenvalue weighted by atomic mass is 79.9. The summed E-state index contributed by atoms with van der Waals surface area (Å²) in [4.78, 5) is 0. The fraction of sp³-hybridized carbons (Fsp3) is 0. The Hall–Kier alpha value is -4.60. The molecule has 0 atom stereocenters. The molecule has 3 heteroatoms. The fourth-order valence-electron chi connectivity index (χ4n) is 5.99. The smallest absolute Gasteiger partial charge is 0.137 e. The number of rotatable bonds is 3. The summed E-state index contributed by atoms with van der Waals surface area (Å²) in [5.74, 6) is 0. The highest BCUT2D eigenvalue weighted by Gasteiger charge is 2.18. The lowest BCUT2D eigenvalue weighted by atomic mass is 9.94. The zero-order chi connectivity index (χ0) is 25.9. The van der Waals surface area contributed by atoms with Gasteiger partial charge in [0.15, 0.2) is 0 Å². The zero-order valence-corrected chi connectivity index (χ0v) is 22.5. The Morgan fingerprint density at radius 2 is 1.15 bits per heavy atom. The SMILES string of the molecule is Brc1ccccc1-c1ccccc1-c1ccc2c3ccccc3n(-c3cccc4oc5ccccc5c34)c2c1. The molecule has 2 aromatic heterocycles. The number of aromatic nitrogens is 1. The molecule has 6 aromatic carbocycles. The third kappa shape index (κ3) is 3.40. The van der Waals surface area contributed by atoms with E-state index in [-0.39, 0.29) is 0 Å². The molecule has 8 aromatic rings. The Morgan fingerprint density at radius 3 is 2.03 bits per heavy atom. The van der Waals surface area contributed by atoms with Crippen molar-refractivity contribution in [3.63, 3.8) is 0 Å². The number of hydrogen-bond acceptors (Lipinski definition) is 1. The number of fused-ring (bicyclic) bond motifs is 6. The van der Waals surface area contributed by atoms with Crippen LogP contribution in [0.4, 0.5) is 0 Å². The van der Waals surface area contributed by atoms with E-state index in [1.807, 2.05) is 12.1 Å². The first-order chi connectivity index (χ1) is 19.3. The van der Waals surface area contributed by atoms with Crippen molar-refractivity contribution < 1.29 is 4.42 Å². The van der Waals surface area contributed by atoms with Crippen molar-refractivity contribution in [3.8, 4) is 27.9 Å². The second kappa shape index (κ2) is 8.72. The molecule has 2 nitrogen and oxygen atoms in total. The molecular weight excluding hydrogens is 542 g/mol. The van der Waals surface area contributed by atoms with Crippen LogP contribution in [0.5, 0.6) is 0 Å². The standard InChI is InChI=1S/C36H22BrNO/c37-30-15-6-3-12-26(30)25-11-2-1-10-24(25)23-20-21-28-27-13-4-7-16-31(27)38(33(28)22-23)32-17-9-19-35-36(32)29-14-5-8-18-34(29)39-35/h1-22H. The van der Waals surface area contributed by atoms with E-state index < -0.39 is 0 Å². The van der Waals surface area contributed by atoms with Crippen LogP contribution in [0, 0.1) is 0 Å². The first kappa shape index (κ1) is 22.4. The molecular formula is C36H22BrNO. The van der Waals surface area contributed by atoms with E-state index in [1.54, 1.807) is 0 Å². The van der Waals surface area contributed by atoms with E-state index >= 15 is 0 Å². The quantitative estimate of drug-likeness (QED) is 0.209. The maximum absolute atomic E-state index is 6.27. The van der Waals surface area contributed by atoms with E-state index in [0.29, 0.717) is 0 Å². The molecule has 0 aliphatic carbocycles. The Bertz CT molecular complexity index is 2200. The molecule has 8 rings (SSSR count). The summed E-state index contributed by atoms with van der Waals surface area (Å²) in [5.41, 5.74) is 10.1. The van der Waals surface area contributed by atoms with Gasteiger partial charge in [-0.25, -0.2) is 0 Å². The summed E-state index contributed by atoms with van der Waals surface area (Å²) < 4.78 is 9.76. The molecule has 0 amide bonds. The number of nitrogens with zero attached hydrogens (tertiary/aromatic N) is 1. The van der Waals surface area contributed by atoms with Gasteiger partial charge in [0.25, 0.3) is 0 Å². The van der Waals surface area contributed by atoms with Crippen LogP contribution in [0.1, 0.15) is 0 Å². The molecule has 0 aliphatic heterocycles. The van der Waals surface area contributed by atoms with Crippen LogP contribution in [-0.4, -0.2) is 4.57 Å². The van der Waals surface area contributed by atoms with Gasteiger partial charge in [0.05, 0.1) is 22.1 Å². The van der Waals surface area contributed by atoms with Gasteiger partial charge in [-0.05, 0) is 58.7 Å². The van der Waals surface area contributed by atoms with Crippen molar-refractivity contribution >= 4 is 59.7 Å². The van der Waals surface area contributed by atoms with Gasteiger partial charge in [0.2, 0.25) is 0 Å². The molecule has 39 heavy (non-hydrogen) atoms. The molecule has 0 bridgehead atoms. The summed E-state index contributed by atoms with van der Waals surface area (Å²) >= 11 is 3.77. The largest absolute Gasteiger partial charge is 0.456 e. The number of halogens is 1. The summed E-state index contributed by atoms with van der Waals surface area (Å²) in [6.07, 6.45) is 0. The number of para-hydroxylation sites is 2. The molecule has 0 unspecified atom stereocenters. The van der Waals surface area contributed by atoms with Crippen LogP contribution in [-0.2, 0) is 0 Å². The zero-order valence-electron chi connectivity index (χ0n) is 20.9. The van der Waals surface area contributed by atoms with Crippen molar-refractivity contribution in [2.45, 2.75) is 0 Å². The second-order valence-corrected chi connectivity index (χ2v) is 10.7. The molecule has 0 aliphatic rings. The van der Waals surface area contributed by atoms with Crippen molar-refractivity contribution in [2.75, 3.05) is 0 Å². The molecule has 0 saturated heterocycles. The van der Waals surface area contributed by atoms with Gasteiger partial charge in [-0.1, -0.05) is 113 Å². The highest BCUT2D eigenvalue weighted by Crippen LogP contribution is 2.41. The lowest BCUT2D eigenvalue weighted by Crippen LogP contribution is -1.95. The number of benzene rings is 6. The van der Waals surface area contributed by atoms with Crippen molar-refractivity contribution in [3.05, 3.63) is 138 Å². The lowest BCUT2D eigenvalue weighted by molar-refractivity contribution is 0.669. The third-order valence-corrected chi connectivity index (χ3v) is 8.39. The Balaban J connectivity index is 1.46. The van der Waals surface area contributed by atoms with Gasteiger partial charge in [-0.3, -0.25) is 0 Å². The van der Waals surface area contributed by atoms with Crippen LogP contribution in [0.2, 0.25) is 0 Å². The Morgan fingerprint density at radius 1 is 0.487 bits per heavy atom. The Kier molecular flexibility index (Phi) is 5.01. The summed E-state index contributed by atoms with van der Waals surface area (Å²) in [6.45, 7) is 0.